The normalized spacial score (nSPS) is 19.1. The van der Waals surface area contributed by atoms with Crippen molar-refractivity contribution in [3.63, 3.8) is 0 Å². The maximum absolute atomic E-state index is 10.5. The Hall–Kier alpha value is -1.06. The van der Waals surface area contributed by atoms with Gasteiger partial charge in [0.15, 0.2) is 0 Å². The standard InChI is InChI=1S/C9H14O4/c10-7(11)2-5-9(3-1-4-9)6-8(12)13/h1-6H2,(H,10,11)(H,12,13). The lowest BCUT2D eigenvalue weighted by molar-refractivity contribution is -0.144. The molecule has 1 saturated carbocycles. The van der Waals surface area contributed by atoms with Gasteiger partial charge in [-0.25, -0.2) is 0 Å². The van der Waals surface area contributed by atoms with Crippen molar-refractivity contribution >= 4 is 11.9 Å². The summed E-state index contributed by atoms with van der Waals surface area (Å²) in [5.41, 5.74) is -0.204. The Morgan fingerprint density at radius 2 is 1.77 bits per heavy atom. The van der Waals surface area contributed by atoms with E-state index in [1.807, 2.05) is 0 Å². The van der Waals surface area contributed by atoms with Gasteiger partial charge in [-0.15, -0.1) is 0 Å². The summed E-state index contributed by atoms with van der Waals surface area (Å²) >= 11 is 0. The van der Waals surface area contributed by atoms with E-state index in [9.17, 15) is 9.59 Å². The van der Waals surface area contributed by atoms with Crippen molar-refractivity contribution in [2.45, 2.75) is 38.5 Å². The predicted octanol–water partition coefficient (Wildman–Crippen LogP) is 1.50. The number of hydrogen-bond donors (Lipinski definition) is 2. The Labute approximate surface area is 76.6 Å². The van der Waals surface area contributed by atoms with E-state index in [4.69, 9.17) is 10.2 Å². The van der Waals surface area contributed by atoms with Crippen LogP contribution in [-0.4, -0.2) is 22.2 Å². The molecule has 2 N–H and O–H groups in total. The Bertz CT molecular complexity index is 218. The molecule has 74 valence electrons. The minimum atomic E-state index is -0.836. The summed E-state index contributed by atoms with van der Waals surface area (Å²) in [5.74, 6) is -1.65. The number of carbonyl (C=O) groups is 2. The van der Waals surface area contributed by atoms with Crippen molar-refractivity contribution in [1.82, 2.24) is 0 Å². The van der Waals surface area contributed by atoms with Gasteiger partial charge < -0.3 is 10.2 Å². The van der Waals surface area contributed by atoms with Crippen molar-refractivity contribution in [3.05, 3.63) is 0 Å². The molecule has 1 rings (SSSR count). The molecule has 0 aromatic rings. The number of aliphatic carboxylic acids is 2. The summed E-state index contributed by atoms with van der Waals surface area (Å²) in [6.07, 6.45) is 3.49. The molecule has 0 aliphatic heterocycles. The van der Waals surface area contributed by atoms with Crippen LogP contribution in [0.4, 0.5) is 0 Å². The third-order valence-electron chi connectivity index (χ3n) is 2.81. The van der Waals surface area contributed by atoms with Crippen LogP contribution in [0.5, 0.6) is 0 Å². The molecule has 0 saturated heterocycles. The van der Waals surface area contributed by atoms with E-state index >= 15 is 0 Å². The van der Waals surface area contributed by atoms with Gasteiger partial charge in [-0.1, -0.05) is 6.42 Å². The van der Waals surface area contributed by atoms with Crippen LogP contribution in [0.2, 0.25) is 0 Å². The van der Waals surface area contributed by atoms with Gasteiger partial charge in [0.25, 0.3) is 0 Å². The topological polar surface area (TPSA) is 74.6 Å². The maximum Gasteiger partial charge on any atom is 0.303 e. The minimum absolute atomic E-state index is 0.0906. The molecule has 0 radical (unpaired) electrons. The highest BCUT2D eigenvalue weighted by atomic mass is 16.4. The SMILES string of the molecule is O=C(O)CCC1(CC(=O)O)CCC1. The molecule has 0 bridgehead atoms. The highest BCUT2D eigenvalue weighted by Crippen LogP contribution is 2.47. The molecule has 0 heterocycles. The number of carboxylic acids is 2. The van der Waals surface area contributed by atoms with Crippen molar-refractivity contribution in [3.8, 4) is 0 Å². The second-order valence-corrected chi connectivity index (χ2v) is 3.82. The van der Waals surface area contributed by atoms with Crippen LogP contribution in [0.3, 0.4) is 0 Å². The molecule has 13 heavy (non-hydrogen) atoms. The fourth-order valence-corrected chi connectivity index (χ4v) is 1.88. The summed E-state index contributed by atoms with van der Waals surface area (Å²) < 4.78 is 0. The van der Waals surface area contributed by atoms with Crippen molar-refractivity contribution in [2.75, 3.05) is 0 Å². The lowest BCUT2D eigenvalue weighted by Gasteiger charge is -2.40. The summed E-state index contributed by atoms with van der Waals surface area (Å²) in [5, 5.41) is 17.1. The molecule has 0 unspecified atom stereocenters. The van der Waals surface area contributed by atoms with Crippen LogP contribution in [0.1, 0.15) is 38.5 Å². The van der Waals surface area contributed by atoms with E-state index in [0.29, 0.717) is 6.42 Å². The van der Waals surface area contributed by atoms with Crippen molar-refractivity contribution < 1.29 is 19.8 Å². The highest BCUT2D eigenvalue weighted by Gasteiger charge is 2.38. The maximum atomic E-state index is 10.5. The van der Waals surface area contributed by atoms with E-state index in [1.54, 1.807) is 0 Å². The van der Waals surface area contributed by atoms with Gasteiger partial charge in [0.1, 0.15) is 0 Å². The molecule has 1 fully saturated rings. The van der Waals surface area contributed by atoms with E-state index < -0.39 is 11.9 Å². The van der Waals surface area contributed by atoms with Crippen LogP contribution in [0.15, 0.2) is 0 Å². The molecule has 0 spiro atoms. The van der Waals surface area contributed by atoms with E-state index in [1.165, 1.54) is 0 Å². The molecule has 0 amide bonds. The fourth-order valence-electron chi connectivity index (χ4n) is 1.88. The van der Waals surface area contributed by atoms with Gasteiger partial charge in [-0.3, -0.25) is 9.59 Å². The minimum Gasteiger partial charge on any atom is -0.481 e. The van der Waals surface area contributed by atoms with Gasteiger partial charge in [-0.05, 0) is 24.7 Å². The number of carboxylic acid groups (broad SMARTS) is 2. The van der Waals surface area contributed by atoms with Crippen molar-refractivity contribution in [2.24, 2.45) is 5.41 Å². The largest absolute Gasteiger partial charge is 0.481 e. The number of rotatable bonds is 5. The zero-order valence-corrected chi connectivity index (χ0v) is 7.45. The zero-order chi connectivity index (χ0) is 9.90. The second-order valence-electron chi connectivity index (χ2n) is 3.82. The zero-order valence-electron chi connectivity index (χ0n) is 7.45. The van der Waals surface area contributed by atoms with Gasteiger partial charge in [0, 0.05) is 6.42 Å². The average Bonchev–Trinajstić information content (AvgIpc) is 1.93. The molecule has 4 heteroatoms. The monoisotopic (exact) mass is 186 g/mol. The van der Waals surface area contributed by atoms with Gasteiger partial charge in [0.05, 0.1) is 6.42 Å². The highest BCUT2D eigenvalue weighted by molar-refractivity contribution is 5.69. The molecule has 1 aliphatic carbocycles. The van der Waals surface area contributed by atoms with Crippen molar-refractivity contribution in [1.29, 1.82) is 0 Å². The molecule has 0 aromatic carbocycles. The third-order valence-corrected chi connectivity index (χ3v) is 2.81. The molecule has 1 aliphatic rings. The van der Waals surface area contributed by atoms with Gasteiger partial charge in [0.2, 0.25) is 0 Å². The average molecular weight is 186 g/mol. The molecular formula is C9H14O4. The third kappa shape index (κ3) is 2.72. The van der Waals surface area contributed by atoms with Gasteiger partial charge in [-0.2, -0.15) is 0 Å². The smallest absolute Gasteiger partial charge is 0.303 e. The lowest BCUT2D eigenvalue weighted by Crippen LogP contribution is -2.32. The first-order valence-electron chi connectivity index (χ1n) is 4.48. The Kier molecular flexibility index (Phi) is 2.90. The summed E-state index contributed by atoms with van der Waals surface area (Å²) in [4.78, 5) is 20.8. The fraction of sp³-hybridized carbons (Fsp3) is 0.778. The summed E-state index contributed by atoms with van der Waals surface area (Å²) in [6, 6.07) is 0. The van der Waals surface area contributed by atoms with Crippen LogP contribution < -0.4 is 0 Å². The predicted molar refractivity (Wildman–Crippen MR) is 45.4 cm³/mol. The second kappa shape index (κ2) is 3.77. The van der Waals surface area contributed by atoms with Crippen LogP contribution in [0, 0.1) is 5.41 Å². The van der Waals surface area contributed by atoms with E-state index in [-0.39, 0.29) is 18.3 Å². The Balaban J connectivity index is 2.40. The number of hydrogen-bond acceptors (Lipinski definition) is 2. The lowest BCUT2D eigenvalue weighted by atomic mass is 9.64. The molecule has 0 atom stereocenters. The molecule has 4 nitrogen and oxygen atoms in total. The molecule has 0 aromatic heterocycles. The van der Waals surface area contributed by atoms with Crippen LogP contribution in [0.25, 0.3) is 0 Å². The van der Waals surface area contributed by atoms with Crippen LogP contribution in [-0.2, 0) is 9.59 Å². The van der Waals surface area contributed by atoms with E-state index in [2.05, 4.69) is 0 Å². The van der Waals surface area contributed by atoms with Gasteiger partial charge >= 0.3 is 11.9 Å². The first-order chi connectivity index (χ1) is 6.04. The van der Waals surface area contributed by atoms with E-state index in [0.717, 1.165) is 19.3 Å². The first kappa shape index (κ1) is 10.0. The Morgan fingerprint density at radius 1 is 1.15 bits per heavy atom. The quantitative estimate of drug-likeness (QED) is 0.682. The Morgan fingerprint density at radius 3 is 2.08 bits per heavy atom. The summed E-state index contributed by atoms with van der Waals surface area (Å²) in [6.45, 7) is 0. The summed E-state index contributed by atoms with van der Waals surface area (Å²) in [7, 11) is 0. The first-order valence-corrected chi connectivity index (χ1v) is 4.48. The van der Waals surface area contributed by atoms with Crippen LogP contribution >= 0.6 is 0 Å². The molecular weight excluding hydrogens is 172 g/mol.